The van der Waals surface area contributed by atoms with Crippen molar-refractivity contribution in [3.05, 3.63) is 47.9 Å². The minimum atomic E-state index is -3.66. The van der Waals surface area contributed by atoms with Crippen molar-refractivity contribution in [1.29, 1.82) is 0 Å². The monoisotopic (exact) mass is 401 g/mol. The van der Waals surface area contributed by atoms with Crippen molar-refractivity contribution in [3.8, 4) is 11.3 Å². The number of nitrogens with zero attached hydrogens (tertiary/aromatic N) is 2. The number of sulfone groups is 1. The SMILES string of the molecule is Cc1ccc(F)cc1-c1cc2cnc(NC(O)C3CC3)cc2c(S(C)(=O)=O)n1. The molecule has 4 rings (SSSR count). The van der Waals surface area contributed by atoms with E-state index in [2.05, 4.69) is 15.3 Å². The predicted octanol–water partition coefficient (Wildman–Crippen LogP) is 3.29. The molecule has 3 aromatic rings. The molecule has 8 heteroatoms. The van der Waals surface area contributed by atoms with Crippen LogP contribution in [0.15, 0.2) is 41.6 Å². The van der Waals surface area contributed by atoms with Gasteiger partial charge in [0.1, 0.15) is 17.9 Å². The average Bonchev–Trinajstić information content (AvgIpc) is 3.47. The highest BCUT2D eigenvalue weighted by Crippen LogP contribution is 2.34. The first-order valence-electron chi connectivity index (χ1n) is 8.94. The molecule has 0 saturated heterocycles. The molecular weight excluding hydrogens is 381 g/mol. The third-order valence-corrected chi connectivity index (χ3v) is 5.88. The fourth-order valence-corrected chi connectivity index (χ4v) is 4.01. The van der Waals surface area contributed by atoms with Crippen molar-refractivity contribution in [3.63, 3.8) is 0 Å². The molecule has 28 heavy (non-hydrogen) atoms. The molecule has 2 heterocycles. The van der Waals surface area contributed by atoms with E-state index in [1.165, 1.54) is 18.3 Å². The second-order valence-electron chi connectivity index (χ2n) is 7.26. The summed E-state index contributed by atoms with van der Waals surface area (Å²) in [7, 11) is -3.66. The van der Waals surface area contributed by atoms with Crippen molar-refractivity contribution < 1.29 is 17.9 Å². The molecule has 2 aromatic heterocycles. The summed E-state index contributed by atoms with van der Waals surface area (Å²) in [5, 5.41) is 13.9. The molecule has 1 fully saturated rings. The Morgan fingerprint density at radius 1 is 1.25 bits per heavy atom. The number of pyridine rings is 2. The number of benzene rings is 1. The van der Waals surface area contributed by atoms with Gasteiger partial charge in [-0.25, -0.2) is 22.8 Å². The van der Waals surface area contributed by atoms with Gasteiger partial charge in [0, 0.05) is 34.7 Å². The molecule has 0 aliphatic heterocycles. The van der Waals surface area contributed by atoms with Gasteiger partial charge in [0.05, 0.1) is 5.69 Å². The predicted molar refractivity (Wildman–Crippen MR) is 105 cm³/mol. The van der Waals surface area contributed by atoms with Crippen LogP contribution in [0.4, 0.5) is 10.2 Å². The van der Waals surface area contributed by atoms with E-state index in [0.717, 1.165) is 24.7 Å². The van der Waals surface area contributed by atoms with Crippen LogP contribution in [0.3, 0.4) is 0 Å². The molecular formula is C20H20FN3O3S. The quantitative estimate of drug-likeness (QED) is 0.638. The van der Waals surface area contributed by atoms with Gasteiger partial charge in [-0.05, 0) is 49.6 Å². The van der Waals surface area contributed by atoms with Crippen LogP contribution in [0, 0.1) is 18.7 Å². The molecule has 2 N–H and O–H groups in total. The first kappa shape index (κ1) is 18.8. The van der Waals surface area contributed by atoms with Gasteiger partial charge in [-0.15, -0.1) is 0 Å². The summed E-state index contributed by atoms with van der Waals surface area (Å²) in [4.78, 5) is 8.63. The summed E-state index contributed by atoms with van der Waals surface area (Å²) in [6.07, 6.45) is 3.81. The van der Waals surface area contributed by atoms with E-state index in [9.17, 15) is 17.9 Å². The number of aliphatic hydroxyl groups excluding tert-OH is 1. The maximum atomic E-state index is 13.7. The van der Waals surface area contributed by atoms with Crippen molar-refractivity contribution in [2.24, 2.45) is 5.92 Å². The Morgan fingerprint density at radius 2 is 2.00 bits per heavy atom. The number of rotatable bonds is 5. The fourth-order valence-electron chi connectivity index (χ4n) is 3.17. The van der Waals surface area contributed by atoms with Crippen LogP contribution in [-0.2, 0) is 9.84 Å². The van der Waals surface area contributed by atoms with Crippen LogP contribution in [0.2, 0.25) is 0 Å². The average molecular weight is 401 g/mol. The normalized spacial score (nSPS) is 15.6. The van der Waals surface area contributed by atoms with E-state index in [0.29, 0.717) is 27.8 Å². The van der Waals surface area contributed by atoms with Gasteiger partial charge in [-0.3, -0.25) is 0 Å². The van der Waals surface area contributed by atoms with Gasteiger partial charge in [0.25, 0.3) is 0 Å². The zero-order valence-corrected chi connectivity index (χ0v) is 16.3. The number of fused-ring (bicyclic) bond motifs is 1. The largest absolute Gasteiger partial charge is 0.373 e. The molecule has 1 aromatic carbocycles. The first-order valence-corrected chi connectivity index (χ1v) is 10.8. The lowest BCUT2D eigenvalue weighted by Crippen LogP contribution is -2.21. The van der Waals surface area contributed by atoms with Crippen molar-refractivity contribution in [2.75, 3.05) is 11.6 Å². The summed E-state index contributed by atoms with van der Waals surface area (Å²) in [5.74, 6) is 0.159. The van der Waals surface area contributed by atoms with E-state index in [-0.39, 0.29) is 10.9 Å². The third kappa shape index (κ3) is 3.70. The fraction of sp³-hybridized carbons (Fsp3) is 0.300. The van der Waals surface area contributed by atoms with E-state index in [4.69, 9.17) is 0 Å². The van der Waals surface area contributed by atoms with Crippen LogP contribution in [0.25, 0.3) is 22.0 Å². The van der Waals surface area contributed by atoms with Crippen LogP contribution >= 0.6 is 0 Å². The Labute approximate surface area is 162 Å². The zero-order chi connectivity index (χ0) is 20.1. The number of aryl methyl sites for hydroxylation is 1. The van der Waals surface area contributed by atoms with Gasteiger partial charge >= 0.3 is 0 Å². The summed E-state index contributed by atoms with van der Waals surface area (Å²) in [5.41, 5.74) is 1.68. The van der Waals surface area contributed by atoms with Crippen LogP contribution in [-0.4, -0.2) is 36.0 Å². The highest BCUT2D eigenvalue weighted by Gasteiger charge is 2.30. The number of aromatic nitrogens is 2. The molecule has 0 bridgehead atoms. The van der Waals surface area contributed by atoms with Crippen molar-refractivity contribution >= 4 is 26.4 Å². The molecule has 0 spiro atoms. The standard InChI is InChI=1S/C20H20FN3O3S/c1-11-3-6-14(21)8-15(11)17-7-13-10-22-18(24-19(25)12-4-5-12)9-16(13)20(23-17)28(2,26)27/h3,6-10,12,19,25H,4-5H2,1-2H3,(H,22,24). The lowest BCUT2D eigenvalue weighted by molar-refractivity contribution is 0.179. The molecule has 1 unspecified atom stereocenters. The van der Waals surface area contributed by atoms with Gasteiger partial charge in [0.2, 0.25) is 0 Å². The lowest BCUT2D eigenvalue weighted by Gasteiger charge is -2.14. The minimum absolute atomic E-state index is 0.102. The van der Waals surface area contributed by atoms with E-state index >= 15 is 0 Å². The topological polar surface area (TPSA) is 92.2 Å². The van der Waals surface area contributed by atoms with Crippen LogP contribution in [0.5, 0.6) is 0 Å². The molecule has 0 radical (unpaired) electrons. The van der Waals surface area contributed by atoms with Crippen LogP contribution in [0.1, 0.15) is 18.4 Å². The first-order chi connectivity index (χ1) is 13.2. The van der Waals surface area contributed by atoms with E-state index < -0.39 is 21.9 Å². The molecule has 0 amide bonds. The molecule has 1 aliphatic carbocycles. The van der Waals surface area contributed by atoms with Gasteiger partial charge in [0.15, 0.2) is 14.9 Å². The Morgan fingerprint density at radius 3 is 2.68 bits per heavy atom. The second-order valence-corrected chi connectivity index (χ2v) is 9.19. The maximum Gasteiger partial charge on any atom is 0.193 e. The number of nitrogens with one attached hydrogen (secondary N) is 1. The number of halogens is 1. The highest BCUT2D eigenvalue weighted by molar-refractivity contribution is 7.90. The maximum absolute atomic E-state index is 13.7. The number of hydrogen-bond donors (Lipinski definition) is 2. The molecule has 1 saturated carbocycles. The van der Waals surface area contributed by atoms with Crippen molar-refractivity contribution in [1.82, 2.24) is 9.97 Å². The molecule has 1 atom stereocenters. The Kier molecular flexibility index (Phi) is 4.55. The number of aliphatic hydroxyl groups is 1. The minimum Gasteiger partial charge on any atom is -0.373 e. The van der Waals surface area contributed by atoms with Crippen molar-refractivity contribution in [2.45, 2.75) is 31.0 Å². The Bertz CT molecular complexity index is 1180. The number of hydrogen-bond acceptors (Lipinski definition) is 6. The Balaban J connectivity index is 1.87. The van der Waals surface area contributed by atoms with Gasteiger partial charge < -0.3 is 10.4 Å². The summed E-state index contributed by atoms with van der Waals surface area (Å²) in [6.45, 7) is 1.81. The van der Waals surface area contributed by atoms with Gasteiger partial charge in [-0.1, -0.05) is 6.07 Å². The Hall–Kier alpha value is -2.58. The summed E-state index contributed by atoms with van der Waals surface area (Å²) >= 11 is 0. The van der Waals surface area contributed by atoms with E-state index in [1.807, 2.05) is 6.92 Å². The third-order valence-electron chi connectivity index (χ3n) is 4.87. The molecule has 6 nitrogen and oxygen atoms in total. The summed E-state index contributed by atoms with van der Waals surface area (Å²) < 4.78 is 38.5. The van der Waals surface area contributed by atoms with Crippen LogP contribution < -0.4 is 5.32 Å². The van der Waals surface area contributed by atoms with E-state index in [1.54, 1.807) is 18.2 Å². The molecule has 146 valence electrons. The summed E-state index contributed by atoms with van der Waals surface area (Å²) in [6, 6.07) is 7.58. The molecule has 1 aliphatic rings. The second kappa shape index (κ2) is 6.79. The highest BCUT2D eigenvalue weighted by atomic mass is 32.2. The smallest absolute Gasteiger partial charge is 0.193 e. The van der Waals surface area contributed by atoms with Gasteiger partial charge in [-0.2, -0.15) is 0 Å². The zero-order valence-electron chi connectivity index (χ0n) is 15.5. The number of anilines is 1. The lowest BCUT2D eigenvalue weighted by atomic mass is 10.0.